The monoisotopic (exact) mass is 205 g/mol. The van der Waals surface area contributed by atoms with Crippen molar-refractivity contribution in [2.75, 3.05) is 0 Å². The fraction of sp³-hybridized carbons (Fsp3) is 0.364. The molecule has 0 aliphatic rings. The molecule has 0 saturated carbocycles. The average Bonchev–Trinajstić information content (AvgIpc) is 2.86. The van der Waals surface area contributed by atoms with Crippen LogP contribution in [0.4, 0.5) is 0 Å². The molecule has 4 nitrogen and oxygen atoms in total. The van der Waals surface area contributed by atoms with Crippen molar-refractivity contribution in [3.63, 3.8) is 0 Å². The maximum absolute atomic E-state index is 6.00. The van der Waals surface area contributed by atoms with E-state index < -0.39 is 0 Å². The normalized spacial score (nSPS) is 12.9. The Kier molecular flexibility index (Phi) is 2.87. The van der Waals surface area contributed by atoms with Crippen LogP contribution < -0.4 is 5.73 Å². The maximum Gasteiger partial charge on any atom is 0.121 e. The highest BCUT2D eigenvalue weighted by molar-refractivity contribution is 5.11. The van der Waals surface area contributed by atoms with Crippen LogP contribution in [0.5, 0.6) is 0 Å². The second kappa shape index (κ2) is 4.31. The van der Waals surface area contributed by atoms with Crippen LogP contribution in [0.3, 0.4) is 0 Å². The van der Waals surface area contributed by atoms with Gasteiger partial charge in [-0.1, -0.05) is 6.92 Å². The van der Waals surface area contributed by atoms with Crippen LogP contribution in [0.15, 0.2) is 28.9 Å². The molecule has 2 heterocycles. The van der Waals surface area contributed by atoms with Crippen LogP contribution >= 0.6 is 0 Å². The summed E-state index contributed by atoms with van der Waals surface area (Å²) in [6.45, 7) is 2.06. The van der Waals surface area contributed by atoms with E-state index in [0.717, 1.165) is 23.8 Å². The van der Waals surface area contributed by atoms with E-state index in [9.17, 15) is 0 Å². The minimum absolute atomic E-state index is 0.128. The highest BCUT2D eigenvalue weighted by Crippen LogP contribution is 2.17. The molecule has 80 valence electrons. The Bertz CT molecular complexity index is 405. The Labute approximate surface area is 88.5 Å². The summed E-state index contributed by atoms with van der Waals surface area (Å²) in [5, 5.41) is 0. The number of aryl methyl sites for hydroxylation is 1. The van der Waals surface area contributed by atoms with Crippen molar-refractivity contribution in [3.05, 3.63) is 41.9 Å². The van der Waals surface area contributed by atoms with Crippen LogP contribution in [0.1, 0.15) is 30.3 Å². The highest BCUT2D eigenvalue weighted by Gasteiger charge is 2.12. The van der Waals surface area contributed by atoms with Crippen molar-refractivity contribution in [3.8, 4) is 0 Å². The number of H-pyrrole nitrogens is 1. The van der Waals surface area contributed by atoms with Crippen molar-refractivity contribution < 1.29 is 4.42 Å². The molecule has 0 spiro atoms. The van der Waals surface area contributed by atoms with Crippen LogP contribution in [0.2, 0.25) is 0 Å². The number of nitrogens with zero attached hydrogens (tertiary/aromatic N) is 1. The molecule has 2 aromatic rings. The van der Waals surface area contributed by atoms with Gasteiger partial charge in [0.1, 0.15) is 17.3 Å². The van der Waals surface area contributed by atoms with Gasteiger partial charge in [0, 0.05) is 25.2 Å². The fourth-order valence-electron chi connectivity index (χ4n) is 1.50. The van der Waals surface area contributed by atoms with E-state index >= 15 is 0 Å². The molecule has 2 rings (SSSR count). The van der Waals surface area contributed by atoms with Gasteiger partial charge in [-0.15, -0.1) is 0 Å². The van der Waals surface area contributed by atoms with Crippen LogP contribution in [-0.4, -0.2) is 9.97 Å². The second-order valence-electron chi connectivity index (χ2n) is 3.50. The molecule has 2 aromatic heterocycles. The smallest absolute Gasteiger partial charge is 0.121 e. The number of nitrogens with two attached hydrogens (primary N) is 1. The summed E-state index contributed by atoms with van der Waals surface area (Å²) in [6.07, 6.45) is 5.08. The molecule has 1 atom stereocenters. The first-order chi connectivity index (χ1) is 7.29. The summed E-state index contributed by atoms with van der Waals surface area (Å²) >= 11 is 0. The quantitative estimate of drug-likeness (QED) is 0.799. The predicted octanol–water partition coefficient (Wildman–Crippen LogP) is 1.81. The van der Waals surface area contributed by atoms with E-state index in [2.05, 4.69) is 16.9 Å². The number of aromatic amines is 1. The third kappa shape index (κ3) is 2.27. The van der Waals surface area contributed by atoms with Gasteiger partial charge in [-0.05, 0) is 12.1 Å². The minimum Gasteiger partial charge on any atom is -0.464 e. The topological polar surface area (TPSA) is 67.8 Å². The number of nitrogens with one attached hydrogen (secondary N) is 1. The molecule has 1 unspecified atom stereocenters. The lowest BCUT2D eigenvalue weighted by molar-refractivity contribution is 0.432. The van der Waals surface area contributed by atoms with E-state index in [1.165, 1.54) is 0 Å². The number of rotatable bonds is 4. The molecule has 0 radical (unpaired) electrons. The van der Waals surface area contributed by atoms with Gasteiger partial charge in [0.2, 0.25) is 0 Å². The van der Waals surface area contributed by atoms with Crippen LogP contribution in [-0.2, 0) is 12.8 Å². The Balaban J connectivity index is 2.04. The molecular weight excluding hydrogens is 190 g/mol. The molecule has 4 heteroatoms. The van der Waals surface area contributed by atoms with Gasteiger partial charge in [0.15, 0.2) is 0 Å². The van der Waals surface area contributed by atoms with Gasteiger partial charge < -0.3 is 15.1 Å². The molecule has 15 heavy (non-hydrogen) atoms. The summed E-state index contributed by atoms with van der Waals surface area (Å²) in [7, 11) is 0. The second-order valence-corrected chi connectivity index (χ2v) is 3.50. The van der Waals surface area contributed by atoms with Crippen molar-refractivity contribution in [2.45, 2.75) is 25.8 Å². The van der Waals surface area contributed by atoms with Gasteiger partial charge in [-0.2, -0.15) is 0 Å². The lowest BCUT2D eigenvalue weighted by Crippen LogP contribution is -2.13. The summed E-state index contributed by atoms with van der Waals surface area (Å²) in [5.74, 6) is 2.68. The zero-order valence-electron chi connectivity index (χ0n) is 8.73. The molecule has 0 aromatic carbocycles. The van der Waals surface area contributed by atoms with Crippen molar-refractivity contribution in [2.24, 2.45) is 5.73 Å². The Morgan fingerprint density at radius 2 is 2.40 bits per heavy atom. The molecule has 0 saturated heterocycles. The van der Waals surface area contributed by atoms with Crippen molar-refractivity contribution >= 4 is 0 Å². The number of furan rings is 1. The Morgan fingerprint density at radius 3 is 3.00 bits per heavy atom. The lowest BCUT2D eigenvalue weighted by atomic mass is 10.1. The first kappa shape index (κ1) is 9.98. The summed E-state index contributed by atoms with van der Waals surface area (Å²) in [5.41, 5.74) is 6.00. The average molecular weight is 205 g/mol. The third-order valence-corrected chi connectivity index (χ3v) is 2.36. The molecule has 3 N–H and O–H groups in total. The third-order valence-electron chi connectivity index (χ3n) is 2.36. The van der Waals surface area contributed by atoms with Gasteiger partial charge in [0.05, 0.1) is 6.04 Å². The number of imidazole rings is 1. The zero-order valence-corrected chi connectivity index (χ0v) is 8.73. The summed E-state index contributed by atoms with van der Waals surface area (Å²) < 4.78 is 5.58. The van der Waals surface area contributed by atoms with Gasteiger partial charge >= 0.3 is 0 Å². The zero-order chi connectivity index (χ0) is 10.7. The van der Waals surface area contributed by atoms with E-state index in [0.29, 0.717) is 6.42 Å². The fourth-order valence-corrected chi connectivity index (χ4v) is 1.50. The number of hydrogen-bond donors (Lipinski definition) is 2. The molecule has 0 bridgehead atoms. The summed E-state index contributed by atoms with van der Waals surface area (Å²) in [4.78, 5) is 7.16. The molecule has 0 fully saturated rings. The van der Waals surface area contributed by atoms with E-state index in [-0.39, 0.29) is 6.04 Å². The van der Waals surface area contributed by atoms with E-state index in [1.807, 2.05) is 12.1 Å². The van der Waals surface area contributed by atoms with E-state index in [1.54, 1.807) is 12.4 Å². The Hall–Kier alpha value is -1.55. The molecule has 0 aliphatic heterocycles. The van der Waals surface area contributed by atoms with Crippen LogP contribution in [0, 0.1) is 0 Å². The molecule has 0 amide bonds. The first-order valence-corrected chi connectivity index (χ1v) is 5.12. The lowest BCUT2D eigenvalue weighted by Gasteiger charge is -2.06. The molecular formula is C11H15N3O. The van der Waals surface area contributed by atoms with Crippen molar-refractivity contribution in [1.82, 2.24) is 9.97 Å². The van der Waals surface area contributed by atoms with Gasteiger partial charge in [-0.25, -0.2) is 4.98 Å². The van der Waals surface area contributed by atoms with E-state index in [4.69, 9.17) is 10.2 Å². The van der Waals surface area contributed by atoms with Gasteiger partial charge in [0.25, 0.3) is 0 Å². The number of aromatic nitrogens is 2. The number of hydrogen-bond acceptors (Lipinski definition) is 3. The van der Waals surface area contributed by atoms with Crippen LogP contribution in [0.25, 0.3) is 0 Å². The Morgan fingerprint density at radius 1 is 1.53 bits per heavy atom. The van der Waals surface area contributed by atoms with Crippen molar-refractivity contribution in [1.29, 1.82) is 0 Å². The maximum atomic E-state index is 6.00. The summed E-state index contributed by atoms with van der Waals surface area (Å²) in [6, 6.07) is 3.78. The standard InChI is InChI=1S/C11H15N3O/c1-2-8-3-4-10(15-8)9(12)7-11-13-5-6-14-11/h3-6,9H,2,7,12H2,1H3,(H,13,14). The highest BCUT2D eigenvalue weighted by atomic mass is 16.3. The minimum atomic E-state index is -0.128. The predicted molar refractivity (Wildman–Crippen MR) is 57.3 cm³/mol. The largest absolute Gasteiger partial charge is 0.464 e. The molecule has 0 aliphatic carbocycles. The first-order valence-electron chi connectivity index (χ1n) is 5.12. The van der Waals surface area contributed by atoms with Gasteiger partial charge in [-0.3, -0.25) is 0 Å². The SMILES string of the molecule is CCc1ccc(C(N)Cc2ncc[nH]2)o1.